The fourth-order valence-corrected chi connectivity index (χ4v) is 2.29. The number of ether oxygens (including phenoxy) is 2. The van der Waals surface area contributed by atoms with Gasteiger partial charge in [-0.05, 0) is 30.4 Å². The van der Waals surface area contributed by atoms with Crippen LogP contribution in [0, 0.1) is 5.92 Å². The number of nitrogens with one attached hydrogen (secondary N) is 1. The van der Waals surface area contributed by atoms with Crippen LogP contribution in [0.25, 0.3) is 0 Å². The lowest BCUT2D eigenvalue weighted by molar-refractivity contribution is 0.00200. The summed E-state index contributed by atoms with van der Waals surface area (Å²) >= 11 is 0. The van der Waals surface area contributed by atoms with E-state index in [4.69, 9.17) is 9.47 Å². The van der Waals surface area contributed by atoms with E-state index >= 15 is 0 Å². The van der Waals surface area contributed by atoms with Crippen LogP contribution in [-0.4, -0.2) is 32.5 Å². The Bertz CT molecular complexity index is 352. The molecule has 0 saturated carbocycles. The van der Waals surface area contributed by atoms with Gasteiger partial charge in [-0.1, -0.05) is 32.0 Å². The molecule has 1 heterocycles. The molecule has 1 unspecified atom stereocenters. The van der Waals surface area contributed by atoms with Gasteiger partial charge >= 0.3 is 0 Å². The maximum Gasteiger partial charge on any atom is 0.0751 e. The van der Waals surface area contributed by atoms with E-state index in [1.807, 2.05) is 0 Å². The van der Waals surface area contributed by atoms with Crippen molar-refractivity contribution < 1.29 is 9.47 Å². The van der Waals surface area contributed by atoms with Crippen LogP contribution in [0.2, 0.25) is 0 Å². The Labute approximate surface area is 116 Å². The average molecular weight is 263 g/mol. The Kier molecular flexibility index (Phi) is 5.67. The molecule has 2 rings (SSSR count). The number of fused-ring (bicyclic) bond motifs is 1. The lowest BCUT2D eigenvalue weighted by atomic mass is 10.1. The molecule has 0 amide bonds. The fraction of sp³-hybridized carbons (Fsp3) is 0.625. The topological polar surface area (TPSA) is 30.5 Å². The van der Waals surface area contributed by atoms with Crippen LogP contribution < -0.4 is 5.32 Å². The molecule has 0 fully saturated rings. The van der Waals surface area contributed by atoms with Crippen molar-refractivity contribution in [1.29, 1.82) is 0 Å². The second-order valence-electron chi connectivity index (χ2n) is 5.54. The molecule has 0 radical (unpaired) electrons. The summed E-state index contributed by atoms with van der Waals surface area (Å²) in [6.07, 6.45) is 2.45. The third-order valence-electron chi connectivity index (χ3n) is 3.31. The summed E-state index contributed by atoms with van der Waals surface area (Å²) in [7, 11) is 0. The van der Waals surface area contributed by atoms with Gasteiger partial charge in [-0.3, -0.25) is 0 Å². The SMILES string of the molecule is CC(C)COCCOC1CCc2ccccc2NC1. The van der Waals surface area contributed by atoms with Crippen molar-refractivity contribution in [1.82, 2.24) is 0 Å². The minimum Gasteiger partial charge on any atom is -0.382 e. The number of hydrogen-bond donors (Lipinski definition) is 1. The lowest BCUT2D eigenvalue weighted by Gasteiger charge is -2.16. The summed E-state index contributed by atoms with van der Waals surface area (Å²) in [4.78, 5) is 0. The predicted octanol–water partition coefficient (Wildman–Crippen LogP) is 3.10. The first-order valence-corrected chi connectivity index (χ1v) is 7.27. The highest BCUT2D eigenvalue weighted by molar-refractivity contribution is 5.51. The van der Waals surface area contributed by atoms with Gasteiger partial charge in [-0.25, -0.2) is 0 Å². The van der Waals surface area contributed by atoms with Gasteiger partial charge in [-0.15, -0.1) is 0 Å². The third kappa shape index (κ3) is 4.84. The number of para-hydroxylation sites is 1. The van der Waals surface area contributed by atoms with Crippen LogP contribution in [0.3, 0.4) is 0 Å². The molecule has 0 bridgehead atoms. The van der Waals surface area contributed by atoms with E-state index in [0.717, 1.165) is 26.0 Å². The summed E-state index contributed by atoms with van der Waals surface area (Å²) in [6, 6.07) is 8.51. The van der Waals surface area contributed by atoms with Crippen molar-refractivity contribution >= 4 is 5.69 Å². The molecular weight excluding hydrogens is 238 g/mol. The Balaban J connectivity index is 1.67. The van der Waals surface area contributed by atoms with Crippen LogP contribution in [0.4, 0.5) is 5.69 Å². The number of anilines is 1. The van der Waals surface area contributed by atoms with Crippen molar-refractivity contribution in [2.24, 2.45) is 5.92 Å². The normalized spacial score (nSPS) is 18.8. The molecular formula is C16H25NO2. The molecule has 106 valence electrons. The number of hydrogen-bond acceptors (Lipinski definition) is 3. The summed E-state index contributed by atoms with van der Waals surface area (Å²) < 4.78 is 11.4. The van der Waals surface area contributed by atoms with E-state index < -0.39 is 0 Å². The maximum absolute atomic E-state index is 5.89. The van der Waals surface area contributed by atoms with Gasteiger partial charge in [-0.2, -0.15) is 0 Å². The summed E-state index contributed by atoms with van der Waals surface area (Å²) in [5.74, 6) is 0.592. The van der Waals surface area contributed by atoms with E-state index in [1.54, 1.807) is 0 Å². The predicted molar refractivity (Wildman–Crippen MR) is 78.6 cm³/mol. The molecule has 19 heavy (non-hydrogen) atoms. The number of benzene rings is 1. The first kappa shape index (κ1) is 14.4. The van der Waals surface area contributed by atoms with Gasteiger partial charge < -0.3 is 14.8 Å². The van der Waals surface area contributed by atoms with Gasteiger partial charge in [0.25, 0.3) is 0 Å². The Morgan fingerprint density at radius 2 is 2.11 bits per heavy atom. The van der Waals surface area contributed by atoms with Gasteiger partial charge in [0.1, 0.15) is 0 Å². The highest BCUT2D eigenvalue weighted by Gasteiger charge is 2.15. The molecule has 0 aliphatic carbocycles. The largest absolute Gasteiger partial charge is 0.382 e. The van der Waals surface area contributed by atoms with Crippen LogP contribution in [0.5, 0.6) is 0 Å². The first-order chi connectivity index (χ1) is 9.25. The Morgan fingerprint density at radius 3 is 2.95 bits per heavy atom. The van der Waals surface area contributed by atoms with Gasteiger partial charge in [0, 0.05) is 18.8 Å². The van der Waals surface area contributed by atoms with Crippen molar-refractivity contribution in [2.75, 3.05) is 31.7 Å². The molecule has 0 spiro atoms. The molecule has 1 aromatic carbocycles. The van der Waals surface area contributed by atoms with Crippen LogP contribution in [-0.2, 0) is 15.9 Å². The van der Waals surface area contributed by atoms with Crippen molar-refractivity contribution in [3.05, 3.63) is 29.8 Å². The third-order valence-corrected chi connectivity index (χ3v) is 3.31. The first-order valence-electron chi connectivity index (χ1n) is 7.27. The van der Waals surface area contributed by atoms with E-state index in [2.05, 4.69) is 43.4 Å². The molecule has 1 atom stereocenters. The van der Waals surface area contributed by atoms with E-state index in [1.165, 1.54) is 11.3 Å². The highest BCUT2D eigenvalue weighted by Crippen LogP contribution is 2.21. The standard InChI is InChI=1S/C16H25NO2/c1-13(2)12-18-9-10-19-15-8-7-14-5-3-4-6-16(14)17-11-15/h3-6,13,15,17H,7-12H2,1-2H3. The zero-order valence-electron chi connectivity index (χ0n) is 12.0. The van der Waals surface area contributed by atoms with E-state index in [9.17, 15) is 0 Å². The lowest BCUT2D eigenvalue weighted by Crippen LogP contribution is -2.24. The van der Waals surface area contributed by atoms with Crippen molar-refractivity contribution in [2.45, 2.75) is 32.8 Å². The molecule has 1 aromatic rings. The monoisotopic (exact) mass is 263 g/mol. The van der Waals surface area contributed by atoms with Crippen LogP contribution in [0.1, 0.15) is 25.8 Å². The average Bonchev–Trinajstić information content (AvgIpc) is 2.61. The molecule has 3 nitrogen and oxygen atoms in total. The van der Waals surface area contributed by atoms with Crippen molar-refractivity contribution in [3.63, 3.8) is 0 Å². The fourth-order valence-electron chi connectivity index (χ4n) is 2.29. The summed E-state index contributed by atoms with van der Waals surface area (Å²) in [5.41, 5.74) is 2.65. The Hall–Kier alpha value is -1.06. The number of rotatable bonds is 6. The van der Waals surface area contributed by atoms with Gasteiger partial charge in [0.05, 0.1) is 19.3 Å². The quantitative estimate of drug-likeness (QED) is 0.800. The highest BCUT2D eigenvalue weighted by atomic mass is 16.5. The molecule has 0 saturated heterocycles. The molecule has 1 aliphatic rings. The van der Waals surface area contributed by atoms with Crippen molar-refractivity contribution in [3.8, 4) is 0 Å². The van der Waals surface area contributed by atoms with Crippen LogP contribution >= 0.6 is 0 Å². The smallest absolute Gasteiger partial charge is 0.0751 e. The van der Waals surface area contributed by atoms with E-state index in [-0.39, 0.29) is 6.10 Å². The van der Waals surface area contributed by atoms with Gasteiger partial charge in [0.15, 0.2) is 0 Å². The van der Waals surface area contributed by atoms with Gasteiger partial charge in [0.2, 0.25) is 0 Å². The van der Waals surface area contributed by atoms with E-state index in [0.29, 0.717) is 19.1 Å². The maximum atomic E-state index is 5.89. The summed E-state index contributed by atoms with van der Waals surface area (Å²) in [6.45, 7) is 7.41. The molecule has 1 N–H and O–H groups in total. The number of aryl methyl sites for hydroxylation is 1. The summed E-state index contributed by atoms with van der Waals surface area (Å²) in [5, 5.41) is 3.47. The molecule has 1 aliphatic heterocycles. The zero-order chi connectivity index (χ0) is 13.5. The second kappa shape index (κ2) is 7.51. The Morgan fingerprint density at radius 1 is 1.26 bits per heavy atom. The minimum atomic E-state index is 0.287. The molecule has 3 heteroatoms. The second-order valence-corrected chi connectivity index (χ2v) is 5.54. The minimum absolute atomic E-state index is 0.287. The molecule has 0 aromatic heterocycles. The zero-order valence-corrected chi connectivity index (χ0v) is 12.0. The van der Waals surface area contributed by atoms with Crippen LogP contribution in [0.15, 0.2) is 24.3 Å².